The number of rotatable bonds is 7. The Morgan fingerprint density at radius 3 is 2.40 bits per heavy atom. The van der Waals surface area contributed by atoms with Crippen molar-refractivity contribution in [2.24, 2.45) is 0 Å². The predicted octanol–water partition coefficient (Wildman–Crippen LogP) is 2.71. The first kappa shape index (κ1) is 18.7. The quantitative estimate of drug-likeness (QED) is 0.357. The fraction of sp³-hybridized carbons (Fsp3) is 0.211. The number of nitrogens with zero attached hydrogens (tertiary/aromatic N) is 2. The predicted molar refractivity (Wildman–Crippen MR) is 102 cm³/mol. The van der Waals surface area contributed by atoms with Crippen LogP contribution >= 0.6 is 12.2 Å². The molecule has 0 aliphatic heterocycles. The lowest BCUT2D eigenvalue weighted by Gasteiger charge is -2.15. The third kappa shape index (κ3) is 4.70. The monoisotopic (exact) mass is 358 g/mol. The van der Waals surface area contributed by atoms with Crippen molar-refractivity contribution in [1.82, 2.24) is 5.32 Å². The zero-order chi connectivity index (χ0) is 18.4. The third-order valence-corrected chi connectivity index (χ3v) is 4.06. The summed E-state index contributed by atoms with van der Waals surface area (Å²) < 4.78 is 14.9. The molecule has 2 rings (SSSR count). The molecular weight excluding hydrogens is 337 g/mol. The van der Waals surface area contributed by atoms with Crippen LogP contribution in [0.1, 0.15) is 16.4 Å². The molecule has 0 aliphatic rings. The second-order valence-corrected chi connectivity index (χ2v) is 6.15. The first-order chi connectivity index (χ1) is 11.9. The Labute approximate surface area is 152 Å². The van der Waals surface area contributed by atoms with Crippen LogP contribution in [0.5, 0.6) is 0 Å². The Morgan fingerprint density at radius 1 is 1.28 bits per heavy atom. The first-order valence-corrected chi connectivity index (χ1v) is 8.21. The number of halogens is 1. The van der Waals surface area contributed by atoms with Crippen LogP contribution < -0.4 is 14.8 Å². The maximum Gasteiger partial charge on any atom is 0.270 e. The van der Waals surface area contributed by atoms with Gasteiger partial charge in [-0.1, -0.05) is 18.3 Å². The molecule has 0 unspecified atom stereocenters. The number of anilines is 1. The highest BCUT2D eigenvalue weighted by atomic mass is 32.1. The minimum Gasteiger partial charge on any atom is -0.377 e. The number of ketones is 1. The standard InChI is InChI=1S/C19H20FN3OS/c1-4-11-21-19(25)17(18(24)14-5-7-15(20)8-6-14)23-12-9-16(10-13-23)22(2)3/h4-10,12-13,17H,1,11H2,2-3H3/p+1/t17-/m1/s1. The van der Waals surface area contributed by atoms with Gasteiger partial charge in [0.2, 0.25) is 5.78 Å². The van der Waals surface area contributed by atoms with Crippen LogP contribution in [0.3, 0.4) is 0 Å². The number of Topliss-reactive ketones (excluding diaryl/α,β-unsaturated/α-hetero) is 1. The van der Waals surface area contributed by atoms with Gasteiger partial charge in [0, 0.05) is 44.0 Å². The van der Waals surface area contributed by atoms with E-state index in [2.05, 4.69) is 11.9 Å². The molecule has 0 amide bonds. The minimum absolute atomic E-state index is 0.204. The zero-order valence-corrected chi connectivity index (χ0v) is 15.1. The Bertz CT molecular complexity index is 757. The Hall–Kier alpha value is -2.60. The van der Waals surface area contributed by atoms with Gasteiger partial charge in [-0.15, -0.1) is 6.58 Å². The molecule has 1 aromatic carbocycles. The van der Waals surface area contributed by atoms with Crippen LogP contribution in [0, 0.1) is 5.82 Å². The normalized spacial score (nSPS) is 11.5. The van der Waals surface area contributed by atoms with Crippen LogP contribution in [0.15, 0.2) is 61.4 Å². The van der Waals surface area contributed by atoms with E-state index in [0.717, 1.165) is 5.69 Å². The number of aromatic nitrogens is 1. The summed E-state index contributed by atoms with van der Waals surface area (Å²) in [6.45, 7) is 4.11. The van der Waals surface area contributed by atoms with Crippen molar-refractivity contribution in [3.63, 3.8) is 0 Å². The molecule has 1 atom stereocenters. The molecule has 0 fully saturated rings. The van der Waals surface area contributed by atoms with E-state index in [-0.39, 0.29) is 11.6 Å². The van der Waals surface area contributed by atoms with Crippen molar-refractivity contribution in [2.45, 2.75) is 6.04 Å². The molecule has 0 saturated heterocycles. The number of benzene rings is 1. The maximum atomic E-state index is 13.1. The number of hydrogen-bond donors (Lipinski definition) is 1. The molecule has 0 spiro atoms. The summed E-state index contributed by atoms with van der Waals surface area (Å²) in [5.41, 5.74) is 1.41. The van der Waals surface area contributed by atoms with Gasteiger partial charge in [-0.3, -0.25) is 4.79 Å². The van der Waals surface area contributed by atoms with Crippen LogP contribution in [0.2, 0.25) is 0 Å². The average Bonchev–Trinajstić information content (AvgIpc) is 2.61. The average molecular weight is 358 g/mol. The van der Waals surface area contributed by atoms with Gasteiger partial charge in [0.1, 0.15) is 5.82 Å². The van der Waals surface area contributed by atoms with Crippen LogP contribution in [-0.4, -0.2) is 31.4 Å². The van der Waals surface area contributed by atoms with Crippen molar-refractivity contribution in [2.75, 3.05) is 25.5 Å². The lowest BCUT2D eigenvalue weighted by atomic mass is 10.0. The highest BCUT2D eigenvalue weighted by molar-refractivity contribution is 7.80. The molecule has 1 N–H and O–H groups in total. The number of carbonyl (C=O) groups excluding carboxylic acids is 1. The lowest BCUT2D eigenvalue weighted by Crippen LogP contribution is -2.51. The van der Waals surface area contributed by atoms with Gasteiger partial charge < -0.3 is 10.2 Å². The van der Waals surface area contributed by atoms with Crippen molar-refractivity contribution in [3.8, 4) is 0 Å². The maximum absolute atomic E-state index is 13.1. The van der Waals surface area contributed by atoms with E-state index < -0.39 is 6.04 Å². The zero-order valence-electron chi connectivity index (χ0n) is 14.3. The number of nitrogens with one attached hydrogen (secondary N) is 1. The highest BCUT2D eigenvalue weighted by Crippen LogP contribution is 2.14. The molecule has 25 heavy (non-hydrogen) atoms. The van der Waals surface area contributed by atoms with Crippen molar-refractivity contribution >= 4 is 28.7 Å². The number of hydrogen-bond acceptors (Lipinski definition) is 3. The molecule has 1 aromatic heterocycles. The van der Waals surface area contributed by atoms with Crippen LogP contribution in [0.4, 0.5) is 10.1 Å². The van der Waals surface area contributed by atoms with Gasteiger partial charge in [-0.25, -0.2) is 4.39 Å². The van der Waals surface area contributed by atoms with E-state index in [0.29, 0.717) is 17.1 Å². The Kier molecular flexibility index (Phi) is 6.36. The summed E-state index contributed by atoms with van der Waals surface area (Å²) in [4.78, 5) is 15.3. The van der Waals surface area contributed by atoms with E-state index in [4.69, 9.17) is 12.2 Å². The fourth-order valence-electron chi connectivity index (χ4n) is 2.33. The summed E-state index contributed by atoms with van der Waals surface area (Å²) in [7, 11) is 3.88. The summed E-state index contributed by atoms with van der Waals surface area (Å²) in [5, 5.41) is 3.02. The van der Waals surface area contributed by atoms with E-state index >= 15 is 0 Å². The topological polar surface area (TPSA) is 36.2 Å². The Morgan fingerprint density at radius 2 is 1.88 bits per heavy atom. The molecule has 0 aliphatic carbocycles. The van der Waals surface area contributed by atoms with Gasteiger partial charge in [0.05, 0.1) is 0 Å². The summed E-state index contributed by atoms with van der Waals surface area (Å²) in [6, 6.07) is 8.57. The van der Waals surface area contributed by atoms with Gasteiger partial charge in [0.15, 0.2) is 17.4 Å². The smallest absolute Gasteiger partial charge is 0.270 e. The molecular formula is C19H21FN3OS+. The second kappa shape index (κ2) is 8.48. The minimum atomic E-state index is -0.711. The second-order valence-electron chi connectivity index (χ2n) is 5.71. The summed E-state index contributed by atoms with van der Waals surface area (Å²) in [6.07, 6.45) is 5.29. The van der Waals surface area contributed by atoms with Crippen molar-refractivity contribution in [3.05, 3.63) is 72.8 Å². The van der Waals surface area contributed by atoms with Crippen molar-refractivity contribution in [1.29, 1.82) is 0 Å². The summed E-state index contributed by atoms with van der Waals surface area (Å²) in [5.74, 6) is -0.590. The third-order valence-electron chi connectivity index (χ3n) is 3.70. The molecule has 4 nitrogen and oxygen atoms in total. The largest absolute Gasteiger partial charge is 0.377 e. The molecule has 6 heteroatoms. The first-order valence-electron chi connectivity index (χ1n) is 7.80. The van der Waals surface area contributed by atoms with Gasteiger partial charge in [0.25, 0.3) is 6.04 Å². The van der Waals surface area contributed by atoms with Gasteiger partial charge in [-0.2, -0.15) is 4.57 Å². The molecule has 130 valence electrons. The molecule has 1 heterocycles. The number of carbonyl (C=O) groups is 1. The van der Waals surface area contributed by atoms with E-state index in [1.54, 1.807) is 10.6 Å². The van der Waals surface area contributed by atoms with E-state index in [1.165, 1.54) is 24.3 Å². The van der Waals surface area contributed by atoms with Gasteiger partial charge >= 0.3 is 0 Å². The van der Waals surface area contributed by atoms with Crippen LogP contribution in [0.25, 0.3) is 0 Å². The molecule has 0 radical (unpaired) electrons. The fourth-order valence-corrected chi connectivity index (χ4v) is 2.64. The van der Waals surface area contributed by atoms with Gasteiger partial charge in [-0.05, 0) is 24.3 Å². The van der Waals surface area contributed by atoms with Crippen LogP contribution in [-0.2, 0) is 0 Å². The summed E-state index contributed by atoms with van der Waals surface area (Å²) >= 11 is 5.42. The molecule has 2 aromatic rings. The number of thiocarbonyl (C=S) groups is 1. The lowest BCUT2D eigenvalue weighted by molar-refractivity contribution is -0.692. The van der Waals surface area contributed by atoms with E-state index in [9.17, 15) is 9.18 Å². The number of pyridine rings is 1. The Balaban J connectivity index is 2.38. The SMILES string of the molecule is C=CCNC(=S)[C@@H](C(=O)c1ccc(F)cc1)[n+]1ccc(N(C)C)cc1. The van der Waals surface area contributed by atoms with Crippen molar-refractivity contribution < 1.29 is 13.8 Å². The molecule has 0 bridgehead atoms. The highest BCUT2D eigenvalue weighted by Gasteiger charge is 2.33. The van der Waals surface area contributed by atoms with E-state index in [1.807, 2.05) is 43.5 Å². The molecule has 0 saturated carbocycles.